The Morgan fingerprint density at radius 2 is 1.79 bits per heavy atom. The first-order valence-electron chi connectivity index (χ1n) is 13.6. The summed E-state index contributed by atoms with van der Waals surface area (Å²) in [5, 5.41) is 17.3. The Balaban J connectivity index is 1.80. The Bertz CT molecular complexity index is 1030. The van der Waals surface area contributed by atoms with Crippen LogP contribution in [0.4, 0.5) is 13.2 Å². The maximum Gasteiger partial charge on any atom is 0.471 e. The van der Waals surface area contributed by atoms with Crippen molar-refractivity contribution in [2.24, 2.45) is 11.3 Å². The molecule has 3 saturated heterocycles. The number of hydrogen-bond donors (Lipinski definition) is 3. The van der Waals surface area contributed by atoms with E-state index in [9.17, 15) is 37.6 Å². The Kier molecular flexibility index (Phi) is 8.80. The number of amides is 4. The van der Waals surface area contributed by atoms with Gasteiger partial charge in [0.25, 0.3) is 0 Å². The Morgan fingerprint density at radius 1 is 1.18 bits per heavy atom. The van der Waals surface area contributed by atoms with Crippen molar-refractivity contribution in [2.45, 2.75) is 115 Å². The number of piperidine rings is 1. The van der Waals surface area contributed by atoms with Crippen molar-refractivity contribution >= 4 is 31.7 Å². The minimum Gasteiger partial charge on any atom is -0.351 e. The Morgan fingerprint density at radius 3 is 2.31 bits per heavy atom. The molecule has 13 heteroatoms. The molecule has 1 unspecified atom stereocenters. The molecular weight excluding hydrogens is 531 g/mol. The number of carbonyl (C=O) groups excluding carboxylic acids is 4. The van der Waals surface area contributed by atoms with Crippen molar-refractivity contribution in [3.63, 3.8) is 0 Å². The first-order valence-corrected chi connectivity index (χ1v) is 16.4. The zero-order valence-electron chi connectivity index (χ0n) is 23.3. The van der Waals surface area contributed by atoms with Gasteiger partial charge in [0.15, 0.2) is 0 Å². The molecule has 0 radical (unpaired) electrons. The van der Waals surface area contributed by atoms with E-state index in [1.165, 1.54) is 4.90 Å². The van der Waals surface area contributed by atoms with Gasteiger partial charge in [-0.15, -0.1) is 0 Å². The molecule has 9 nitrogen and oxygen atoms in total. The van der Waals surface area contributed by atoms with E-state index in [1.807, 2.05) is 19.2 Å². The van der Waals surface area contributed by atoms with Crippen molar-refractivity contribution in [1.29, 1.82) is 5.26 Å². The fraction of sp³-hybridized carbons (Fsp3) is 0.808. The topological polar surface area (TPSA) is 131 Å². The molecule has 4 atom stereocenters. The molecule has 0 aromatic heterocycles. The molecule has 0 saturated carbocycles. The lowest BCUT2D eigenvalue weighted by atomic mass is 9.83. The highest BCUT2D eigenvalue weighted by Crippen LogP contribution is 2.42. The fourth-order valence-electron chi connectivity index (χ4n) is 6.12. The molecule has 218 valence electrons. The summed E-state index contributed by atoms with van der Waals surface area (Å²) in [6.07, 6.45) is -1.45. The van der Waals surface area contributed by atoms with Gasteiger partial charge in [0.05, 0.1) is 14.1 Å². The van der Waals surface area contributed by atoms with Crippen molar-refractivity contribution in [3.05, 3.63) is 0 Å². The minimum absolute atomic E-state index is 0.125. The van der Waals surface area contributed by atoms with Gasteiger partial charge in [0.2, 0.25) is 17.7 Å². The number of hydrogen-bond acceptors (Lipinski definition) is 5. The first-order chi connectivity index (χ1) is 17.9. The maximum absolute atomic E-state index is 13.8. The summed E-state index contributed by atoms with van der Waals surface area (Å²) in [6.45, 7) is 8.51. The zero-order chi connectivity index (χ0) is 29.4. The van der Waals surface area contributed by atoms with E-state index in [2.05, 4.69) is 16.7 Å². The molecule has 39 heavy (non-hydrogen) atoms. The number of nitrogens with zero attached hydrogens (tertiary/aromatic N) is 2. The average Bonchev–Trinajstić information content (AvgIpc) is 3.43. The minimum atomic E-state index is -5.16. The first kappa shape index (κ1) is 30.9. The van der Waals surface area contributed by atoms with Gasteiger partial charge in [-0.05, 0) is 44.6 Å². The summed E-state index contributed by atoms with van der Waals surface area (Å²) in [4.78, 5) is 53.0. The summed E-state index contributed by atoms with van der Waals surface area (Å²) in [6, 6.07) is 0.948. The lowest BCUT2D eigenvalue weighted by molar-refractivity contribution is -0.176. The van der Waals surface area contributed by atoms with Crippen LogP contribution in [0, 0.1) is 22.7 Å². The highest BCUT2D eigenvalue weighted by atomic mass is 28.3. The number of nitrogens with one attached hydrogen (secondary N) is 3. The van der Waals surface area contributed by atoms with Gasteiger partial charge in [-0.2, -0.15) is 18.4 Å². The molecule has 3 aliphatic heterocycles. The molecule has 0 bridgehead atoms. The van der Waals surface area contributed by atoms with Crippen molar-refractivity contribution in [1.82, 2.24) is 20.9 Å². The molecule has 0 aliphatic carbocycles. The number of nitriles is 1. The second-order valence-corrected chi connectivity index (χ2v) is 17.9. The van der Waals surface area contributed by atoms with Crippen LogP contribution < -0.4 is 16.0 Å². The van der Waals surface area contributed by atoms with Crippen LogP contribution in [0.25, 0.3) is 0 Å². The van der Waals surface area contributed by atoms with Crippen LogP contribution in [0.2, 0.25) is 18.1 Å². The second kappa shape index (κ2) is 11.1. The van der Waals surface area contributed by atoms with E-state index >= 15 is 0 Å². The van der Waals surface area contributed by atoms with Crippen LogP contribution in [0.3, 0.4) is 0 Å². The highest BCUT2D eigenvalue weighted by Gasteiger charge is 2.54. The lowest BCUT2D eigenvalue weighted by Gasteiger charge is -2.36. The Labute approximate surface area is 228 Å². The quantitative estimate of drug-likeness (QED) is 0.422. The standard InChI is InChI=1S/C26H40F3N5O4Si/c1-24(2,3)19(32-23(38)26(27,28)29)22(37)34-15-39(10-6-7-11-39)14-18(34)21(36)31-17(13-30)12-16-8-9-25(4,5)33-20(16)35/h16-19H,6-12,14-15H2,1-5H3,(H,31,36)(H,32,38)(H,33,35)/t16-,17-,18?,19+/m0/s1. The third-order valence-electron chi connectivity index (χ3n) is 8.35. The van der Waals surface area contributed by atoms with E-state index in [4.69, 9.17) is 0 Å². The molecule has 0 aromatic carbocycles. The van der Waals surface area contributed by atoms with E-state index in [0.717, 1.165) is 31.4 Å². The van der Waals surface area contributed by atoms with E-state index in [1.54, 1.807) is 20.8 Å². The summed E-state index contributed by atoms with van der Waals surface area (Å²) < 4.78 is 39.2. The molecule has 3 rings (SSSR count). The van der Waals surface area contributed by atoms with E-state index < -0.39 is 61.4 Å². The summed E-state index contributed by atoms with van der Waals surface area (Å²) >= 11 is 0. The van der Waals surface area contributed by atoms with Crippen LogP contribution in [0.5, 0.6) is 0 Å². The Hall–Kier alpha value is -2.62. The third kappa shape index (κ3) is 7.32. The van der Waals surface area contributed by atoms with Crippen LogP contribution in [0.1, 0.15) is 66.7 Å². The molecule has 4 amide bonds. The summed E-state index contributed by atoms with van der Waals surface area (Å²) in [7, 11) is -2.07. The van der Waals surface area contributed by atoms with Gasteiger partial charge in [0.1, 0.15) is 18.1 Å². The predicted molar refractivity (Wildman–Crippen MR) is 139 cm³/mol. The van der Waals surface area contributed by atoms with Gasteiger partial charge in [-0.3, -0.25) is 19.2 Å². The third-order valence-corrected chi connectivity index (χ3v) is 13.4. The molecule has 3 heterocycles. The number of carbonyl (C=O) groups is 4. The summed E-state index contributed by atoms with van der Waals surface area (Å²) in [5.41, 5.74) is -1.39. The number of rotatable bonds is 6. The molecule has 0 aromatic rings. The van der Waals surface area contributed by atoms with Gasteiger partial charge >= 0.3 is 12.1 Å². The van der Waals surface area contributed by atoms with Crippen LogP contribution >= 0.6 is 0 Å². The molecule has 3 fully saturated rings. The summed E-state index contributed by atoms with van der Waals surface area (Å²) in [5.74, 6) is -4.09. The van der Waals surface area contributed by atoms with Crippen molar-refractivity contribution < 1.29 is 32.3 Å². The average molecular weight is 572 g/mol. The van der Waals surface area contributed by atoms with E-state index in [-0.39, 0.29) is 17.9 Å². The fourth-order valence-corrected chi connectivity index (χ4v) is 11.6. The van der Waals surface area contributed by atoms with Gasteiger partial charge in [-0.25, -0.2) is 0 Å². The largest absolute Gasteiger partial charge is 0.471 e. The predicted octanol–water partition coefficient (Wildman–Crippen LogP) is 2.78. The monoisotopic (exact) mass is 571 g/mol. The normalized spacial score (nSPS) is 25.9. The maximum atomic E-state index is 13.8. The van der Waals surface area contributed by atoms with E-state index in [0.29, 0.717) is 18.6 Å². The molecular formula is C26H40F3N5O4Si. The lowest BCUT2D eigenvalue weighted by Crippen LogP contribution is -2.60. The van der Waals surface area contributed by atoms with Crippen molar-refractivity contribution in [3.8, 4) is 6.07 Å². The number of halogens is 3. The number of alkyl halides is 3. The van der Waals surface area contributed by atoms with Gasteiger partial charge < -0.3 is 20.9 Å². The van der Waals surface area contributed by atoms with Gasteiger partial charge in [-0.1, -0.05) is 45.7 Å². The van der Waals surface area contributed by atoms with Crippen LogP contribution in [-0.2, 0) is 19.2 Å². The van der Waals surface area contributed by atoms with Gasteiger partial charge in [0, 0.05) is 17.6 Å². The SMILES string of the molecule is CC1(C)CC[C@@H](C[C@@H](C#N)NC(=O)C2C[Si]3(CCCC3)CN2C(=O)[C@@H](NC(=O)C(F)(F)F)C(C)(C)C)C(=O)N1. The second-order valence-electron chi connectivity index (χ2n) is 13.2. The van der Waals surface area contributed by atoms with Crippen molar-refractivity contribution in [2.75, 3.05) is 6.17 Å². The zero-order valence-corrected chi connectivity index (χ0v) is 24.3. The van der Waals surface area contributed by atoms with Crippen LogP contribution in [0.15, 0.2) is 0 Å². The molecule has 3 aliphatic rings. The highest BCUT2D eigenvalue weighted by molar-refractivity contribution is 6.82. The molecule has 3 N–H and O–H groups in total. The smallest absolute Gasteiger partial charge is 0.351 e. The molecule has 1 spiro atoms. The van der Waals surface area contributed by atoms with Crippen LogP contribution in [-0.4, -0.2) is 72.6 Å².